The fraction of sp³-hybridized carbons (Fsp3) is 0.750. The zero-order valence-electron chi connectivity index (χ0n) is 6.57. The Labute approximate surface area is 62.3 Å². The lowest BCUT2D eigenvalue weighted by Gasteiger charge is -2.04. The SMILES string of the molecule is C=CCCC[C@H](F)CNC. The van der Waals surface area contributed by atoms with Crippen molar-refractivity contribution >= 4 is 0 Å². The van der Waals surface area contributed by atoms with Gasteiger partial charge >= 0.3 is 0 Å². The Morgan fingerprint density at radius 2 is 2.40 bits per heavy atom. The van der Waals surface area contributed by atoms with Gasteiger partial charge in [-0.15, -0.1) is 6.58 Å². The lowest BCUT2D eigenvalue weighted by molar-refractivity contribution is 0.302. The van der Waals surface area contributed by atoms with Crippen molar-refractivity contribution in [2.24, 2.45) is 0 Å². The molecule has 0 aromatic carbocycles. The van der Waals surface area contributed by atoms with Crippen LogP contribution in [0.3, 0.4) is 0 Å². The van der Waals surface area contributed by atoms with Crippen LogP contribution in [0.2, 0.25) is 0 Å². The lowest BCUT2D eigenvalue weighted by Crippen LogP contribution is -2.19. The predicted molar refractivity (Wildman–Crippen MR) is 42.9 cm³/mol. The van der Waals surface area contributed by atoms with Crippen molar-refractivity contribution in [2.75, 3.05) is 13.6 Å². The highest BCUT2D eigenvalue weighted by molar-refractivity contribution is 4.67. The second kappa shape index (κ2) is 6.75. The van der Waals surface area contributed by atoms with Crippen molar-refractivity contribution in [3.8, 4) is 0 Å². The normalized spacial score (nSPS) is 13.0. The summed E-state index contributed by atoms with van der Waals surface area (Å²) in [5, 5.41) is 2.79. The Balaban J connectivity index is 3.04. The van der Waals surface area contributed by atoms with Crippen molar-refractivity contribution in [3.05, 3.63) is 12.7 Å². The molecule has 0 radical (unpaired) electrons. The predicted octanol–water partition coefficient (Wildman–Crippen LogP) is 1.90. The summed E-state index contributed by atoms with van der Waals surface area (Å²) in [5.74, 6) is 0. The number of nitrogens with one attached hydrogen (secondary N) is 1. The standard InChI is InChI=1S/C8H16FN/c1-3-4-5-6-8(9)7-10-2/h3,8,10H,1,4-7H2,2H3/t8-/m0/s1. The third kappa shape index (κ3) is 5.76. The molecule has 0 aromatic heterocycles. The van der Waals surface area contributed by atoms with Gasteiger partial charge in [-0.1, -0.05) is 6.08 Å². The minimum absolute atomic E-state index is 0.469. The van der Waals surface area contributed by atoms with Gasteiger partial charge in [0, 0.05) is 6.54 Å². The Hall–Kier alpha value is -0.370. The van der Waals surface area contributed by atoms with E-state index in [1.165, 1.54) is 0 Å². The number of unbranched alkanes of at least 4 members (excludes halogenated alkanes) is 1. The third-order valence-corrected chi connectivity index (χ3v) is 1.35. The van der Waals surface area contributed by atoms with E-state index in [4.69, 9.17) is 0 Å². The molecule has 0 saturated heterocycles. The van der Waals surface area contributed by atoms with Crippen LogP contribution in [-0.2, 0) is 0 Å². The van der Waals surface area contributed by atoms with E-state index in [0.29, 0.717) is 13.0 Å². The molecule has 0 heterocycles. The van der Waals surface area contributed by atoms with E-state index >= 15 is 0 Å². The number of hydrogen-bond donors (Lipinski definition) is 1. The van der Waals surface area contributed by atoms with Crippen LogP contribution in [0, 0.1) is 0 Å². The molecule has 0 bridgehead atoms. The molecule has 0 aliphatic heterocycles. The summed E-state index contributed by atoms with van der Waals surface area (Å²) in [4.78, 5) is 0. The van der Waals surface area contributed by atoms with Crippen molar-refractivity contribution < 1.29 is 4.39 Å². The minimum atomic E-state index is -0.690. The van der Waals surface area contributed by atoms with Gasteiger partial charge in [0.1, 0.15) is 6.17 Å². The van der Waals surface area contributed by atoms with Crippen LogP contribution >= 0.6 is 0 Å². The molecule has 10 heavy (non-hydrogen) atoms. The molecule has 60 valence electrons. The summed E-state index contributed by atoms with van der Waals surface area (Å²) >= 11 is 0. The lowest BCUT2D eigenvalue weighted by atomic mass is 10.2. The fourth-order valence-electron chi connectivity index (χ4n) is 0.807. The van der Waals surface area contributed by atoms with Gasteiger partial charge in [-0.25, -0.2) is 4.39 Å². The first-order chi connectivity index (χ1) is 4.81. The van der Waals surface area contributed by atoms with E-state index < -0.39 is 6.17 Å². The fourth-order valence-corrected chi connectivity index (χ4v) is 0.807. The van der Waals surface area contributed by atoms with Crippen molar-refractivity contribution in [3.63, 3.8) is 0 Å². The molecular formula is C8H16FN. The van der Waals surface area contributed by atoms with E-state index in [-0.39, 0.29) is 0 Å². The van der Waals surface area contributed by atoms with Crippen molar-refractivity contribution in [1.82, 2.24) is 5.32 Å². The Morgan fingerprint density at radius 1 is 1.70 bits per heavy atom. The van der Waals surface area contributed by atoms with Crippen molar-refractivity contribution in [1.29, 1.82) is 0 Å². The summed E-state index contributed by atoms with van der Waals surface area (Å²) < 4.78 is 12.6. The van der Waals surface area contributed by atoms with Gasteiger partial charge in [0.15, 0.2) is 0 Å². The van der Waals surface area contributed by atoms with Crippen LogP contribution in [0.1, 0.15) is 19.3 Å². The summed E-state index contributed by atoms with van der Waals surface area (Å²) in [6.07, 6.45) is 3.61. The zero-order chi connectivity index (χ0) is 7.82. The minimum Gasteiger partial charge on any atom is -0.317 e. The number of allylic oxidation sites excluding steroid dienone is 1. The summed E-state index contributed by atoms with van der Waals surface area (Å²) in [5.41, 5.74) is 0. The highest BCUT2D eigenvalue weighted by atomic mass is 19.1. The van der Waals surface area contributed by atoms with Crippen LogP contribution in [0.4, 0.5) is 4.39 Å². The first kappa shape index (κ1) is 9.63. The van der Waals surface area contributed by atoms with Crippen LogP contribution in [0.15, 0.2) is 12.7 Å². The molecule has 1 N–H and O–H groups in total. The molecule has 0 spiro atoms. The van der Waals surface area contributed by atoms with Gasteiger partial charge in [0.05, 0.1) is 0 Å². The second-order valence-corrected chi connectivity index (χ2v) is 2.37. The first-order valence-corrected chi connectivity index (χ1v) is 3.70. The monoisotopic (exact) mass is 145 g/mol. The van der Waals surface area contributed by atoms with E-state index in [1.54, 1.807) is 7.05 Å². The van der Waals surface area contributed by atoms with E-state index in [0.717, 1.165) is 12.8 Å². The molecule has 1 nitrogen and oxygen atoms in total. The summed E-state index contributed by atoms with van der Waals surface area (Å²) in [6, 6.07) is 0. The summed E-state index contributed by atoms with van der Waals surface area (Å²) in [6.45, 7) is 4.03. The molecule has 0 saturated carbocycles. The molecule has 0 aromatic rings. The molecule has 0 amide bonds. The highest BCUT2D eigenvalue weighted by Gasteiger charge is 2.02. The van der Waals surface area contributed by atoms with Crippen molar-refractivity contribution in [2.45, 2.75) is 25.4 Å². The Kier molecular flexibility index (Phi) is 6.50. The highest BCUT2D eigenvalue weighted by Crippen LogP contribution is 2.03. The van der Waals surface area contributed by atoms with E-state index in [2.05, 4.69) is 11.9 Å². The molecule has 1 atom stereocenters. The number of halogens is 1. The topological polar surface area (TPSA) is 12.0 Å². The van der Waals surface area contributed by atoms with E-state index in [9.17, 15) is 4.39 Å². The largest absolute Gasteiger partial charge is 0.317 e. The van der Waals surface area contributed by atoms with Crippen LogP contribution in [-0.4, -0.2) is 19.8 Å². The first-order valence-electron chi connectivity index (χ1n) is 3.70. The maximum absolute atomic E-state index is 12.6. The number of hydrogen-bond acceptors (Lipinski definition) is 1. The zero-order valence-corrected chi connectivity index (χ0v) is 6.57. The Bertz CT molecular complexity index is 83.3. The van der Waals surface area contributed by atoms with Gasteiger partial charge in [-0.3, -0.25) is 0 Å². The van der Waals surface area contributed by atoms with Gasteiger partial charge in [-0.05, 0) is 26.3 Å². The molecule has 2 heteroatoms. The van der Waals surface area contributed by atoms with Gasteiger partial charge < -0.3 is 5.32 Å². The van der Waals surface area contributed by atoms with Crippen LogP contribution in [0.25, 0.3) is 0 Å². The smallest absolute Gasteiger partial charge is 0.112 e. The molecule has 0 fully saturated rings. The quantitative estimate of drug-likeness (QED) is 0.444. The maximum atomic E-state index is 12.6. The maximum Gasteiger partial charge on any atom is 0.112 e. The number of rotatable bonds is 6. The molecule has 0 unspecified atom stereocenters. The van der Waals surface area contributed by atoms with Crippen LogP contribution < -0.4 is 5.32 Å². The van der Waals surface area contributed by atoms with Gasteiger partial charge in [0.25, 0.3) is 0 Å². The molecule has 0 aliphatic carbocycles. The van der Waals surface area contributed by atoms with E-state index in [1.807, 2.05) is 6.08 Å². The van der Waals surface area contributed by atoms with Gasteiger partial charge in [-0.2, -0.15) is 0 Å². The Morgan fingerprint density at radius 3 is 2.90 bits per heavy atom. The molecular weight excluding hydrogens is 129 g/mol. The number of alkyl halides is 1. The average Bonchev–Trinajstić information content (AvgIpc) is 1.89. The molecule has 0 rings (SSSR count). The van der Waals surface area contributed by atoms with Gasteiger partial charge in [0.2, 0.25) is 0 Å². The molecule has 0 aliphatic rings. The third-order valence-electron chi connectivity index (χ3n) is 1.35. The average molecular weight is 145 g/mol. The second-order valence-electron chi connectivity index (χ2n) is 2.37. The van der Waals surface area contributed by atoms with Crippen LogP contribution in [0.5, 0.6) is 0 Å². The summed E-state index contributed by atoms with van der Waals surface area (Å²) in [7, 11) is 1.76.